The van der Waals surface area contributed by atoms with Gasteiger partial charge in [-0.25, -0.2) is 9.59 Å². The molecule has 0 amide bonds. The Morgan fingerprint density at radius 1 is 1.16 bits per heavy atom. The van der Waals surface area contributed by atoms with Crippen LogP contribution >= 0.6 is 11.6 Å². The second-order valence-corrected chi connectivity index (χ2v) is 6.53. The first kappa shape index (κ1) is 21.3. The van der Waals surface area contributed by atoms with Crippen molar-refractivity contribution >= 4 is 23.5 Å². The molecule has 1 saturated heterocycles. The number of hydrogen-bond acceptors (Lipinski definition) is 4. The second kappa shape index (κ2) is 11.7. The van der Waals surface area contributed by atoms with Crippen molar-refractivity contribution in [3.8, 4) is 5.75 Å². The predicted molar refractivity (Wildman–Crippen MR) is 96.3 cm³/mol. The van der Waals surface area contributed by atoms with Gasteiger partial charge in [-0.15, -0.1) is 0 Å². The van der Waals surface area contributed by atoms with Crippen LogP contribution in [0.3, 0.4) is 0 Å². The van der Waals surface area contributed by atoms with E-state index in [-0.39, 0.29) is 0 Å². The van der Waals surface area contributed by atoms with E-state index in [1.54, 1.807) is 0 Å². The average molecular weight is 372 g/mol. The highest BCUT2D eigenvalue weighted by atomic mass is 35.5. The summed E-state index contributed by atoms with van der Waals surface area (Å²) in [5, 5.41) is 15.5. The van der Waals surface area contributed by atoms with Crippen LogP contribution in [-0.4, -0.2) is 53.3 Å². The fourth-order valence-corrected chi connectivity index (χ4v) is 2.66. The van der Waals surface area contributed by atoms with Crippen molar-refractivity contribution in [3.05, 3.63) is 29.3 Å². The zero-order valence-corrected chi connectivity index (χ0v) is 15.2. The Bertz CT molecular complexity index is 532. The number of ether oxygens (including phenoxy) is 1. The summed E-state index contributed by atoms with van der Waals surface area (Å²) in [5.41, 5.74) is 0. The lowest BCUT2D eigenvalue weighted by molar-refractivity contribution is -0.159. The normalized spacial score (nSPS) is 15.1. The number of halogens is 1. The maximum Gasteiger partial charge on any atom is 0.414 e. The summed E-state index contributed by atoms with van der Waals surface area (Å²) in [6.07, 6.45) is 5.02. The molecule has 6 nitrogen and oxygen atoms in total. The van der Waals surface area contributed by atoms with E-state index in [1.807, 2.05) is 24.3 Å². The first-order chi connectivity index (χ1) is 11.9. The van der Waals surface area contributed by atoms with Crippen LogP contribution in [0.4, 0.5) is 0 Å². The summed E-state index contributed by atoms with van der Waals surface area (Å²) in [4.78, 5) is 20.8. The van der Waals surface area contributed by atoms with Gasteiger partial charge in [-0.3, -0.25) is 0 Å². The average Bonchev–Trinajstić information content (AvgIpc) is 2.58. The zero-order chi connectivity index (χ0) is 18.7. The largest absolute Gasteiger partial charge is 0.492 e. The molecule has 1 aromatic rings. The number of benzene rings is 1. The van der Waals surface area contributed by atoms with E-state index in [0.29, 0.717) is 5.02 Å². The quantitative estimate of drug-likeness (QED) is 0.588. The van der Waals surface area contributed by atoms with E-state index < -0.39 is 11.9 Å². The van der Waals surface area contributed by atoms with Gasteiger partial charge in [0.15, 0.2) is 0 Å². The standard InChI is InChI=1S/C16H24ClNO.C2H2O4/c1-14-8-11-18(12-9-14)10-4-5-13-19-16-7-3-2-6-15(16)17;3-1(4)2(5)6/h2-3,6-7,14H,4-5,8-13H2,1H3;(H,3,4)(H,5,6). The molecule has 25 heavy (non-hydrogen) atoms. The minimum atomic E-state index is -1.82. The molecule has 1 fully saturated rings. The topological polar surface area (TPSA) is 87.1 Å². The number of piperidine rings is 1. The van der Waals surface area contributed by atoms with Gasteiger partial charge in [0, 0.05) is 0 Å². The molecule has 2 rings (SSSR count). The molecule has 2 N–H and O–H groups in total. The van der Waals surface area contributed by atoms with Gasteiger partial charge in [0.25, 0.3) is 0 Å². The van der Waals surface area contributed by atoms with Crippen LogP contribution in [0.2, 0.25) is 5.02 Å². The smallest absolute Gasteiger partial charge is 0.414 e. The van der Waals surface area contributed by atoms with Crippen LogP contribution in [0.5, 0.6) is 5.75 Å². The molecule has 7 heteroatoms. The highest BCUT2D eigenvalue weighted by molar-refractivity contribution is 6.32. The Morgan fingerprint density at radius 2 is 1.76 bits per heavy atom. The van der Waals surface area contributed by atoms with Crippen molar-refractivity contribution in [2.75, 3.05) is 26.2 Å². The van der Waals surface area contributed by atoms with E-state index in [1.165, 1.54) is 38.9 Å². The van der Waals surface area contributed by atoms with E-state index in [2.05, 4.69) is 11.8 Å². The lowest BCUT2D eigenvalue weighted by Crippen LogP contribution is -2.33. The number of rotatable bonds is 6. The van der Waals surface area contributed by atoms with Gasteiger partial charge in [-0.2, -0.15) is 0 Å². The molecule has 1 aliphatic rings. The van der Waals surface area contributed by atoms with Gasteiger partial charge < -0.3 is 19.8 Å². The fraction of sp³-hybridized carbons (Fsp3) is 0.556. The molecule has 140 valence electrons. The Hall–Kier alpha value is -1.79. The Morgan fingerprint density at radius 3 is 2.32 bits per heavy atom. The fourth-order valence-electron chi connectivity index (χ4n) is 2.47. The first-order valence-electron chi connectivity index (χ1n) is 8.46. The number of carbonyl (C=O) groups is 2. The lowest BCUT2D eigenvalue weighted by Gasteiger charge is -2.30. The van der Waals surface area contributed by atoms with Crippen LogP contribution in [0.1, 0.15) is 32.6 Å². The van der Waals surface area contributed by atoms with E-state index in [4.69, 9.17) is 36.1 Å². The SMILES string of the molecule is CC1CCN(CCCCOc2ccccc2Cl)CC1.O=C(O)C(=O)O. The molecular formula is C18H26ClNO5. The minimum absolute atomic E-state index is 0.701. The second-order valence-electron chi connectivity index (χ2n) is 6.12. The summed E-state index contributed by atoms with van der Waals surface area (Å²) in [6.45, 7) is 6.86. The van der Waals surface area contributed by atoms with Crippen LogP contribution in [-0.2, 0) is 9.59 Å². The summed E-state index contributed by atoms with van der Waals surface area (Å²) in [5.74, 6) is -1.93. The van der Waals surface area contributed by atoms with Crippen molar-refractivity contribution in [3.63, 3.8) is 0 Å². The number of nitrogens with zero attached hydrogens (tertiary/aromatic N) is 1. The number of aliphatic carboxylic acids is 2. The lowest BCUT2D eigenvalue weighted by atomic mass is 9.99. The molecule has 0 atom stereocenters. The Balaban J connectivity index is 0.000000450. The van der Waals surface area contributed by atoms with Gasteiger partial charge in [0.05, 0.1) is 11.6 Å². The number of hydrogen-bond donors (Lipinski definition) is 2. The highest BCUT2D eigenvalue weighted by Gasteiger charge is 2.14. The van der Waals surface area contributed by atoms with Crippen molar-refractivity contribution in [1.82, 2.24) is 4.90 Å². The Labute approximate surface area is 153 Å². The third-order valence-corrected chi connectivity index (χ3v) is 4.33. The van der Waals surface area contributed by atoms with Crippen LogP contribution in [0.15, 0.2) is 24.3 Å². The molecule has 0 spiro atoms. The molecular weight excluding hydrogens is 346 g/mol. The third kappa shape index (κ3) is 9.31. The molecule has 0 radical (unpaired) electrons. The van der Waals surface area contributed by atoms with E-state index >= 15 is 0 Å². The molecule has 0 aromatic heterocycles. The molecule has 0 unspecified atom stereocenters. The van der Waals surface area contributed by atoms with Gasteiger partial charge >= 0.3 is 11.9 Å². The van der Waals surface area contributed by atoms with Gasteiger partial charge in [-0.1, -0.05) is 30.7 Å². The van der Waals surface area contributed by atoms with E-state index in [0.717, 1.165) is 24.7 Å². The molecule has 1 aromatic carbocycles. The summed E-state index contributed by atoms with van der Waals surface area (Å²) >= 11 is 6.04. The molecule has 1 aliphatic heterocycles. The van der Waals surface area contributed by atoms with Crippen molar-refractivity contribution in [2.45, 2.75) is 32.6 Å². The highest BCUT2D eigenvalue weighted by Crippen LogP contribution is 2.23. The molecule has 0 saturated carbocycles. The third-order valence-electron chi connectivity index (χ3n) is 4.02. The number of para-hydroxylation sites is 1. The minimum Gasteiger partial charge on any atom is -0.492 e. The number of carboxylic acid groups (broad SMARTS) is 2. The molecule has 0 bridgehead atoms. The maximum absolute atomic E-state index is 9.10. The number of unbranched alkanes of at least 4 members (excludes halogenated alkanes) is 1. The first-order valence-corrected chi connectivity index (χ1v) is 8.84. The van der Waals surface area contributed by atoms with Gasteiger partial charge in [0.2, 0.25) is 0 Å². The zero-order valence-electron chi connectivity index (χ0n) is 14.5. The summed E-state index contributed by atoms with van der Waals surface area (Å²) in [7, 11) is 0. The maximum atomic E-state index is 9.10. The number of likely N-dealkylation sites (tertiary alicyclic amines) is 1. The van der Waals surface area contributed by atoms with Crippen molar-refractivity contribution in [2.24, 2.45) is 5.92 Å². The monoisotopic (exact) mass is 371 g/mol. The number of carboxylic acids is 2. The van der Waals surface area contributed by atoms with E-state index in [9.17, 15) is 0 Å². The van der Waals surface area contributed by atoms with Crippen molar-refractivity contribution in [1.29, 1.82) is 0 Å². The van der Waals surface area contributed by atoms with Crippen LogP contribution in [0, 0.1) is 5.92 Å². The van der Waals surface area contributed by atoms with Gasteiger partial charge in [0.1, 0.15) is 5.75 Å². The predicted octanol–water partition coefficient (Wildman–Crippen LogP) is 3.39. The summed E-state index contributed by atoms with van der Waals surface area (Å²) < 4.78 is 5.69. The summed E-state index contributed by atoms with van der Waals surface area (Å²) in [6, 6.07) is 7.67. The van der Waals surface area contributed by atoms with Gasteiger partial charge in [-0.05, 0) is 63.4 Å². The molecule has 1 heterocycles. The van der Waals surface area contributed by atoms with Crippen molar-refractivity contribution < 1.29 is 24.5 Å². The van der Waals surface area contributed by atoms with Crippen LogP contribution in [0.25, 0.3) is 0 Å². The Kier molecular flexibility index (Phi) is 9.96. The van der Waals surface area contributed by atoms with Crippen LogP contribution < -0.4 is 4.74 Å². The molecule has 0 aliphatic carbocycles.